The van der Waals surface area contributed by atoms with Gasteiger partial charge in [0, 0.05) is 17.3 Å². The molecule has 1 atom stereocenters. The van der Waals surface area contributed by atoms with E-state index in [1.54, 1.807) is 0 Å². The van der Waals surface area contributed by atoms with Gasteiger partial charge in [-0.25, -0.2) is 9.78 Å². The van der Waals surface area contributed by atoms with Crippen LogP contribution in [-0.2, 0) is 21.4 Å². The maximum Gasteiger partial charge on any atom is 0.328 e. The van der Waals surface area contributed by atoms with Gasteiger partial charge in [0.2, 0.25) is 0 Å². The third kappa shape index (κ3) is 2.08. The number of rotatable bonds is 1. The number of esters is 1. The molecule has 0 bridgehead atoms. The lowest BCUT2D eigenvalue weighted by Gasteiger charge is -2.29. The molecule has 4 nitrogen and oxygen atoms in total. The molecule has 1 aromatic heterocycles. The molecule has 0 saturated heterocycles. The lowest BCUT2D eigenvalue weighted by Crippen LogP contribution is -2.31. The largest absolute Gasteiger partial charge is 0.467 e. The van der Waals surface area contributed by atoms with Crippen LogP contribution in [0.1, 0.15) is 51.2 Å². The number of nitrogens with zero attached hydrogens (tertiary/aromatic N) is 2. The minimum Gasteiger partial charge on any atom is -0.467 e. The van der Waals surface area contributed by atoms with E-state index < -0.39 is 0 Å². The van der Waals surface area contributed by atoms with E-state index in [0.717, 1.165) is 30.8 Å². The van der Waals surface area contributed by atoms with Crippen LogP contribution >= 0.6 is 0 Å². The molecule has 94 valence electrons. The first-order valence-corrected chi connectivity index (χ1v) is 6.09. The molecule has 0 aliphatic carbocycles. The second-order valence-corrected chi connectivity index (χ2v) is 5.62. The highest BCUT2D eigenvalue weighted by Crippen LogP contribution is 2.32. The van der Waals surface area contributed by atoms with E-state index in [-0.39, 0.29) is 17.4 Å². The van der Waals surface area contributed by atoms with E-state index in [2.05, 4.69) is 30.3 Å². The number of ether oxygens (including phenoxy) is 1. The van der Waals surface area contributed by atoms with E-state index in [0.29, 0.717) is 0 Å². The zero-order valence-electron chi connectivity index (χ0n) is 11.0. The molecule has 0 amide bonds. The molecular weight excluding hydrogens is 216 g/mol. The molecule has 0 aromatic carbocycles. The Balaban J connectivity index is 2.48. The Morgan fingerprint density at radius 3 is 2.82 bits per heavy atom. The highest BCUT2D eigenvalue weighted by molar-refractivity contribution is 5.74. The number of hydrogen-bond donors (Lipinski definition) is 0. The molecule has 0 N–H and O–H groups in total. The van der Waals surface area contributed by atoms with Crippen LogP contribution in [0.3, 0.4) is 0 Å². The summed E-state index contributed by atoms with van der Waals surface area (Å²) in [7, 11) is 1.45. The van der Waals surface area contributed by atoms with Gasteiger partial charge in [-0.1, -0.05) is 20.8 Å². The Bertz CT molecular complexity index is 429. The second-order valence-electron chi connectivity index (χ2n) is 5.62. The van der Waals surface area contributed by atoms with Crippen molar-refractivity contribution in [1.29, 1.82) is 0 Å². The minimum absolute atomic E-state index is 0.0537. The van der Waals surface area contributed by atoms with Crippen molar-refractivity contribution in [2.24, 2.45) is 0 Å². The number of carbonyl (C=O) groups excluding carboxylic acids is 1. The van der Waals surface area contributed by atoms with Gasteiger partial charge >= 0.3 is 5.97 Å². The van der Waals surface area contributed by atoms with Crippen molar-refractivity contribution in [1.82, 2.24) is 9.55 Å². The highest BCUT2D eigenvalue weighted by atomic mass is 16.5. The maximum absolute atomic E-state index is 11.8. The Morgan fingerprint density at radius 1 is 1.53 bits per heavy atom. The smallest absolute Gasteiger partial charge is 0.328 e. The lowest BCUT2D eigenvalue weighted by molar-refractivity contribution is -0.145. The van der Waals surface area contributed by atoms with Gasteiger partial charge in [-0.3, -0.25) is 0 Å². The fourth-order valence-electron chi connectivity index (χ4n) is 2.45. The molecule has 0 fully saturated rings. The average molecular weight is 236 g/mol. The first-order valence-electron chi connectivity index (χ1n) is 6.09. The number of aromatic nitrogens is 2. The van der Waals surface area contributed by atoms with Crippen LogP contribution in [0.15, 0.2) is 6.20 Å². The van der Waals surface area contributed by atoms with Gasteiger partial charge < -0.3 is 9.30 Å². The van der Waals surface area contributed by atoms with Crippen LogP contribution in [0.5, 0.6) is 0 Å². The Morgan fingerprint density at radius 2 is 2.24 bits per heavy atom. The first kappa shape index (κ1) is 12.1. The Hall–Kier alpha value is -1.32. The third-order valence-corrected chi connectivity index (χ3v) is 3.24. The minimum atomic E-state index is -0.194. The van der Waals surface area contributed by atoms with Crippen LogP contribution in [0.25, 0.3) is 0 Å². The summed E-state index contributed by atoms with van der Waals surface area (Å²) in [5.74, 6) is 0.817. The van der Waals surface area contributed by atoms with Crippen molar-refractivity contribution in [3.05, 3.63) is 17.7 Å². The molecule has 1 aliphatic rings. The average Bonchev–Trinajstić information content (AvgIpc) is 2.70. The molecule has 4 heteroatoms. The Labute approximate surface area is 102 Å². The summed E-state index contributed by atoms with van der Waals surface area (Å²) >= 11 is 0. The molecule has 1 aliphatic heterocycles. The molecule has 17 heavy (non-hydrogen) atoms. The number of fused-ring (bicyclic) bond motifs is 1. The fourth-order valence-corrected chi connectivity index (χ4v) is 2.45. The van der Waals surface area contributed by atoms with Gasteiger partial charge in [0.1, 0.15) is 11.9 Å². The summed E-state index contributed by atoms with van der Waals surface area (Å²) in [4.78, 5) is 16.3. The summed E-state index contributed by atoms with van der Waals surface area (Å²) in [5, 5.41) is 0. The zero-order chi connectivity index (χ0) is 12.6. The van der Waals surface area contributed by atoms with Crippen molar-refractivity contribution >= 4 is 5.97 Å². The van der Waals surface area contributed by atoms with Gasteiger partial charge in [0.25, 0.3) is 0 Å². The predicted molar refractivity (Wildman–Crippen MR) is 64.9 cm³/mol. The van der Waals surface area contributed by atoms with Crippen molar-refractivity contribution in [2.45, 2.75) is 51.5 Å². The second kappa shape index (κ2) is 4.17. The quantitative estimate of drug-likeness (QED) is 0.702. The van der Waals surface area contributed by atoms with Gasteiger partial charge in [-0.15, -0.1) is 0 Å². The van der Waals surface area contributed by atoms with Crippen molar-refractivity contribution < 1.29 is 9.53 Å². The monoisotopic (exact) mass is 236 g/mol. The molecule has 2 heterocycles. The van der Waals surface area contributed by atoms with E-state index in [1.165, 1.54) is 7.11 Å². The van der Waals surface area contributed by atoms with Gasteiger partial charge in [0.05, 0.1) is 7.11 Å². The summed E-state index contributed by atoms with van der Waals surface area (Å²) in [5.41, 5.74) is 1.10. The van der Waals surface area contributed by atoms with Crippen LogP contribution in [0.4, 0.5) is 0 Å². The maximum atomic E-state index is 11.8. The first-order chi connectivity index (χ1) is 7.95. The molecule has 0 saturated carbocycles. The van der Waals surface area contributed by atoms with Gasteiger partial charge in [0.15, 0.2) is 0 Å². The third-order valence-electron chi connectivity index (χ3n) is 3.24. The van der Waals surface area contributed by atoms with Crippen molar-refractivity contribution in [3.8, 4) is 0 Å². The number of carbonyl (C=O) groups is 1. The topological polar surface area (TPSA) is 44.1 Å². The molecule has 1 unspecified atom stereocenters. The predicted octanol–water partition coefficient (Wildman–Crippen LogP) is 2.23. The van der Waals surface area contributed by atoms with E-state index in [1.807, 2.05) is 6.20 Å². The normalized spacial score (nSPS) is 19.9. The Kier molecular flexibility index (Phi) is 2.98. The fraction of sp³-hybridized carbons (Fsp3) is 0.692. The lowest BCUT2D eigenvalue weighted by atomic mass is 9.93. The summed E-state index contributed by atoms with van der Waals surface area (Å²) in [6, 6.07) is -0.194. The molecule has 1 aromatic rings. The zero-order valence-corrected chi connectivity index (χ0v) is 11.0. The van der Waals surface area contributed by atoms with Crippen molar-refractivity contribution in [3.63, 3.8) is 0 Å². The summed E-state index contributed by atoms with van der Waals surface area (Å²) < 4.78 is 6.97. The SMILES string of the molecule is COC(=O)C1CCCc2cnc(C(C)(C)C)n21. The van der Waals surface area contributed by atoms with E-state index in [9.17, 15) is 4.79 Å². The van der Waals surface area contributed by atoms with Crippen molar-refractivity contribution in [2.75, 3.05) is 7.11 Å². The van der Waals surface area contributed by atoms with Crippen LogP contribution < -0.4 is 0 Å². The van der Waals surface area contributed by atoms with E-state index >= 15 is 0 Å². The molecular formula is C13H20N2O2. The standard InChI is InChI=1S/C13H20N2O2/c1-13(2,3)12-14-8-9-6-5-7-10(15(9)12)11(16)17-4/h8,10H,5-7H2,1-4H3. The number of aryl methyl sites for hydroxylation is 1. The number of hydrogen-bond acceptors (Lipinski definition) is 3. The van der Waals surface area contributed by atoms with E-state index in [4.69, 9.17) is 4.74 Å². The van der Waals surface area contributed by atoms with Gasteiger partial charge in [-0.05, 0) is 19.3 Å². The van der Waals surface area contributed by atoms with Crippen LogP contribution in [0.2, 0.25) is 0 Å². The van der Waals surface area contributed by atoms with Gasteiger partial charge in [-0.2, -0.15) is 0 Å². The van der Waals surface area contributed by atoms with Crippen LogP contribution in [0, 0.1) is 0 Å². The molecule has 0 radical (unpaired) electrons. The summed E-state index contributed by atoms with van der Waals surface area (Å²) in [6.45, 7) is 6.35. The van der Waals surface area contributed by atoms with Crippen LogP contribution in [-0.4, -0.2) is 22.6 Å². The summed E-state index contributed by atoms with van der Waals surface area (Å²) in [6.07, 6.45) is 4.76. The highest BCUT2D eigenvalue weighted by Gasteiger charge is 2.33. The number of imidazole rings is 1. The number of methoxy groups -OCH3 is 1. The molecule has 2 rings (SSSR count). The molecule has 0 spiro atoms.